The van der Waals surface area contributed by atoms with Crippen molar-refractivity contribution in [2.75, 3.05) is 26.7 Å². The van der Waals surface area contributed by atoms with Crippen LogP contribution in [0.15, 0.2) is 103 Å². The van der Waals surface area contributed by atoms with E-state index in [2.05, 4.69) is 21.3 Å². The minimum Gasteiger partial charge on any atom is -0.510 e. The van der Waals surface area contributed by atoms with Gasteiger partial charge in [-0.1, -0.05) is 85.9 Å². The van der Waals surface area contributed by atoms with Crippen LogP contribution in [0.5, 0.6) is 0 Å². The number of aliphatic hydroxyl groups excluding tert-OH is 1. The second-order valence-electron chi connectivity index (χ2n) is 16.4. The van der Waals surface area contributed by atoms with Crippen molar-refractivity contribution >= 4 is 53.1 Å². The Morgan fingerprint density at radius 1 is 0.831 bits per heavy atom. The molecule has 1 aromatic carbocycles. The van der Waals surface area contributed by atoms with Crippen molar-refractivity contribution in [3.05, 3.63) is 108 Å². The van der Waals surface area contributed by atoms with Gasteiger partial charge in [0.15, 0.2) is 5.78 Å². The van der Waals surface area contributed by atoms with Crippen LogP contribution in [0.2, 0.25) is 0 Å². The smallest absolute Gasteiger partial charge is 0.328 e. The van der Waals surface area contributed by atoms with Crippen LogP contribution in [0.1, 0.15) is 58.4 Å². The normalized spacial score (nSPS) is 25.6. The van der Waals surface area contributed by atoms with E-state index in [4.69, 9.17) is 4.74 Å². The number of amides is 7. The number of Topliss-reactive ketones (excluding diaryl/α,β-unsaturated/α-hetero) is 1. The number of esters is 1. The summed E-state index contributed by atoms with van der Waals surface area (Å²) in [6.45, 7) is 4.65. The second kappa shape index (κ2) is 23.0. The van der Waals surface area contributed by atoms with Gasteiger partial charge in [0.05, 0.1) is 0 Å². The number of ether oxygens (including phenoxy) is 1. The molecule has 7 atom stereocenters. The van der Waals surface area contributed by atoms with Crippen molar-refractivity contribution in [3.63, 3.8) is 0 Å². The van der Waals surface area contributed by atoms with Crippen molar-refractivity contribution in [1.82, 2.24) is 36.0 Å². The van der Waals surface area contributed by atoms with Crippen LogP contribution in [0.4, 0.5) is 0 Å². The van der Waals surface area contributed by atoms with Gasteiger partial charge >= 0.3 is 5.97 Å². The first-order valence-electron chi connectivity index (χ1n) is 21.7. The van der Waals surface area contributed by atoms with E-state index < -0.39 is 90.2 Å². The molecule has 7 amide bonds. The monoisotopic (exact) mass is 895 g/mol. The molecule has 0 radical (unpaired) electrons. The maximum absolute atomic E-state index is 14.4. The minimum atomic E-state index is -1.49. The Hall–Kier alpha value is -7.11. The van der Waals surface area contributed by atoms with Crippen LogP contribution in [-0.4, -0.2) is 136 Å². The highest BCUT2D eigenvalue weighted by atomic mass is 16.5. The molecular formula is C47H57N7O11. The zero-order valence-electron chi connectivity index (χ0n) is 36.9. The average Bonchev–Trinajstić information content (AvgIpc) is 4.02. The highest BCUT2D eigenvalue weighted by Gasteiger charge is 2.44. The van der Waals surface area contributed by atoms with Crippen LogP contribution >= 0.6 is 0 Å². The molecule has 3 heterocycles. The summed E-state index contributed by atoms with van der Waals surface area (Å²) in [5.41, 5.74) is 0.616. The molecule has 3 saturated heterocycles. The molecule has 0 unspecified atom stereocenters. The molecule has 0 saturated carbocycles. The van der Waals surface area contributed by atoms with Gasteiger partial charge in [-0.3, -0.25) is 38.4 Å². The lowest BCUT2D eigenvalue weighted by Gasteiger charge is -2.34. The largest absolute Gasteiger partial charge is 0.510 e. The second-order valence-corrected chi connectivity index (χ2v) is 16.4. The molecule has 346 valence electrons. The first-order chi connectivity index (χ1) is 31.0. The number of hydrogen-bond donors (Lipinski definition) is 5. The van der Waals surface area contributed by atoms with Gasteiger partial charge < -0.3 is 45.8 Å². The van der Waals surface area contributed by atoms with Crippen LogP contribution < -0.4 is 21.3 Å². The van der Waals surface area contributed by atoms with Crippen molar-refractivity contribution in [2.24, 2.45) is 5.92 Å². The van der Waals surface area contributed by atoms with Gasteiger partial charge in [0.25, 0.3) is 0 Å². The van der Waals surface area contributed by atoms with E-state index in [0.29, 0.717) is 12.0 Å². The molecule has 0 bridgehead atoms. The summed E-state index contributed by atoms with van der Waals surface area (Å²) in [5.74, 6) is -5.59. The Kier molecular flexibility index (Phi) is 17.3. The molecule has 4 aliphatic rings. The predicted molar refractivity (Wildman–Crippen MR) is 237 cm³/mol. The molecule has 18 nitrogen and oxygen atoms in total. The van der Waals surface area contributed by atoms with E-state index in [-0.39, 0.29) is 68.4 Å². The zero-order valence-corrected chi connectivity index (χ0v) is 36.9. The number of nitrogens with zero attached hydrogens (tertiary/aromatic N) is 3. The van der Waals surface area contributed by atoms with E-state index in [1.165, 1.54) is 59.9 Å². The van der Waals surface area contributed by atoms with Gasteiger partial charge in [-0.05, 0) is 44.6 Å². The Bertz CT molecular complexity index is 2200. The first-order valence-corrected chi connectivity index (χ1v) is 21.7. The summed E-state index contributed by atoms with van der Waals surface area (Å²) in [6, 6.07) is 2.15. The highest BCUT2D eigenvalue weighted by molar-refractivity contribution is 6.03. The number of allylic oxidation sites excluding steroid dienone is 10. The summed E-state index contributed by atoms with van der Waals surface area (Å²) in [6.07, 6.45) is 16.5. The number of carbonyl (C=O) groups excluding carboxylic acids is 9. The summed E-state index contributed by atoms with van der Waals surface area (Å²) >= 11 is 0. The van der Waals surface area contributed by atoms with Crippen LogP contribution in [0.25, 0.3) is 0 Å². The number of fused-ring (bicyclic) bond motifs is 2. The Labute approximate surface area is 377 Å². The maximum Gasteiger partial charge on any atom is 0.328 e. The zero-order chi connectivity index (χ0) is 47.2. The van der Waals surface area contributed by atoms with Gasteiger partial charge in [-0.2, -0.15) is 0 Å². The van der Waals surface area contributed by atoms with Gasteiger partial charge in [0.1, 0.15) is 54.3 Å². The van der Waals surface area contributed by atoms with Gasteiger partial charge in [-0.25, -0.2) is 4.79 Å². The van der Waals surface area contributed by atoms with E-state index in [1.54, 1.807) is 66.8 Å². The minimum absolute atomic E-state index is 0.0250. The van der Waals surface area contributed by atoms with Crippen LogP contribution in [0, 0.1) is 5.92 Å². The fraction of sp³-hybridized carbons (Fsp3) is 0.426. The fourth-order valence-electron chi connectivity index (χ4n) is 7.85. The number of ketones is 1. The average molecular weight is 896 g/mol. The van der Waals surface area contributed by atoms with Gasteiger partial charge in [-0.15, -0.1) is 0 Å². The molecule has 1 aromatic rings. The first kappa shape index (κ1) is 48.9. The summed E-state index contributed by atoms with van der Waals surface area (Å²) < 4.78 is 5.70. The number of hydrogen-bond acceptors (Lipinski definition) is 11. The third-order valence-electron chi connectivity index (χ3n) is 11.5. The van der Waals surface area contributed by atoms with E-state index in [1.807, 2.05) is 6.92 Å². The predicted octanol–water partition coefficient (Wildman–Crippen LogP) is 1.36. The molecule has 3 fully saturated rings. The number of likely N-dealkylation sites (N-methyl/N-ethyl adjacent to an activating group) is 1. The summed E-state index contributed by atoms with van der Waals surface area (Å²) in [7, 11) is 1.44. The highest BCUT2D eigenvalue weighted by Crippen LogP contribution is 2.26. The van der Waals surface area contributed by atoms with Crippen LogP contribution in [-0.2, 0) is 54.3 Å². The SMILES string of the molecule is C[C@@H]1C[C@H]2C(=O)OC[C@H](NC(=O)[C@H](Cc3ccccc3)NC(=O)/C=C/C=C/C=C/C=C/C=C/C(=O)NC3=C(O)CCC3=O)C(=O)N3CCC[C@H]3C(=O)N(C)[C@@H](C)C(=O)N[C@@H](C)C(=O)N2C1. The third kappa shape index (κ3) is 13.2. The number of benzene rings is 1. The Morgan fingerprint density at radius 2 is 1.48 bits per heavy atom. The quantitative estimate of drug-likeness (QED) is 0.114. The molecule has 18 heteroatoms. The molecule has 0 spiro atoms. The summed E-state index contributed by atoms with van der Waals surface area (Å²) in [4.78, 5) is 124. The van der Waals surface area contributed by atoms with Crippen molar-refractivity contribution in [2.45, 2.75) is 95.5 Å². The fourth-order valence-corrected chi connectivity index (χ4v) is 7.85. The van der Waals surface area contributed by atoms with Gasteiger partial charge in [0.2, 0.25) is 41.4 Å². The third-order valence-corrected chi connectivity index (χ3v) is 11.5. The van der Waals surface area contributed by atoms with Crippen molar-refractivity contribution < 1.29 is 53.0 Å². The van der Waals surface area contributed by atoms with E-state index >= 15 is 0 Å². The molecule has 5 rings (SSSR count). The Balaban J connectivity index is 1.29. The van der Waals surface area contributed by atoms with Crippen molar-refractivity contribution in [1.29, 1.82) is 0 Å². The molecule has 5 N–H and O–H groups in total. The van der Waals surface area contributed by atoms with Crippen LogP contribution in [0.3, 0.4) is 0 Å². The topological polar surface area (TPSA) is 241 Å². The lowest BCUT2D eigenvalue weighted by molar-refractivity contribution is -0.158. The number of nitrogens with one attached hydrogen (secondary N) is 4. The molecule has 65 heavy (non-hydrogen) atoms. The lowest BCUT2D eigenvalue weighted by atomic mass is 10.0. The summed E-state index contributed by atoms with van der Waals surface area (Å²) in [5, 5.41) is 20.1. The maximum atomic E-state index is 14.4. The van der Waals surface area contributed by atoms with Crippen molar-refractivity contribution in [3.8, 4) is 0 Å². The number of aliphatic hydroxyl groups is 1. The number of rotatable bonds is 12. The molecule has 1 aliphatic carbocycles. The molecular weight excluding hydrogens is 839 g/mol. The van der Waals surface area contributed by atoms with E-state index in [9.17, 15) is 48.3 Å². The number of carbonyl (C=O) groups is 9. The molecule has 0 aromatic heterocycles. The number of cyclic esters (lactones) is 1. The Morgan fingerprint density at radius 3 is 2.12 bits per heavy atom. The van der Waals surface area contributed by atoms with E-state index in [0.717, 1.165) is 0 Å². The standard InChI is InChI=1S/C47H57N7O11/c1-29-25-36-47(64)65-28-34(45(62)53-24-16-19-35(53)46(63)52(4)31(3)42(59)48-30(2)44(61)54(36)27-29)50-43(60)33(26-32-17-12-11-13-18-32)49-39(57)20-14-9-7-5-6-8-10-15-21-40(58)51-41-37(55)22-23-38(41)56/h5-15,17-18,20-21,29-31,33-36,55H,16,19,22-28H2,1-4H3,(H,48,59)(H,49,57)(H,50,60)(H,51,58)/b6-5+,9-7+,10-8+,20-14+,21-15+/t29-,30+,31+,33+,34+,35+,36+/m1/s1. The molecule has 3 aliphatic heterocycles. The van der Waals surface area contributed by atoms with Gasteiger partial charge in [0, 0.05) is 51.6 Å². The lowest BCUT2D eigenvalue weighted by Crippen LogP contribution is -2.60.